The van der Waals surface area contributed by atoms with Gasteiger partial charge in [-0.15, -0.1) is 11.3 Å². The fraction of sp³-hybridized carbons (Fsp3) is 0.294. The van der Waals surface area contributed by atoms with Crippen LogP contribution < -0.4 is 5.32 Å². The minimum absolute atomic E-state index is 0.0238. The quantitative estimate of drug-likeness (QED) is 0.676. The van der Waals surface area contributed by atoms with Gasteiger partial charge < -0.3 is 10.2 Å². The van der Waals surface area contributed by atoms with Crippen molar-refractivity contribution >= 4 is 45.2 Å². The number of aromatic nitrogens is 3. The zero-order chi connectivity index (χ0) is 18.1. The van der Waals surface area contributed by atoms with Crippen LogP contribution in [0.2, 0.25) is 0 Å². The van der Waals surface area contributed by atoms with Crippen LogP contribution >= 0.6 is 23.1 Å². The molecule has 0 saturated carbocycles. The van der Waals surface area contributed by atoms with E-state index in [0.717, 1.165) is 14.6 Å². The molecule has 4 rings (SSSR count). The predicted octanol–water partition coefficient (Wildman–Crippen LogP) is 3.16. The van der Waals surface area contributed by atoms with E-state index in [0.29, 0.717) is 31.0 Å². The van der Waals surface area contributed by atoms with Crippen molar-refractivity contribution in [2.24, 2.45) is 0 Å². The van der Waals surface area contributed by atoms with Gasteiger partial charge in [0.15, 0.2) is 9.99 Å². The Morgan fingerprint density at radius 1 is 1.35 bits per heavy atom. The first kappa shape index (κ1) is 17.2. The number of rotatable bonds is 5. The van der Waals surface area contributed by atoms with Gasteiger partial charge in [-0.1, -0.05) is 23.9 Å². The third-order valence-corrected chi connectivity index (χ3v) is 6.28. The molecule has 134 valence electrons. The van der Waals surface area contributed by atoms with Crippen LogP contribution in [0, 0.1) is 5.82 Å². The third-order valence-electron chi connectivity index (χ3n) is 4.24. The summed E-state index contributed by atoms with van der Waals surface area (Å²) in [5.41, 5.74) is 1.56. The molecule has 1 unspecified atom stereocenters. The Kier molecular flexibility index (Phi) is 4.73. The van der Waals surface area contributed by atoms with Gasteiger partial charge in [0.2, 0.25) is 5.91 Å². The Labute approximate surface area is 157 Å². The van der Waals surface area contributed by atoms with Crippen molar-refractivity contribution < 1.29 is 9.18 Å². The lowest BCUT2D eigenvalue weighted by Gasteiger charge is -2.17. The normalized spacial score (nSPS) is 17.2. The van der Waals surface area contributed by atoms with Crippen molar-refractivity contribution in [1.82, 2.24) is 19.9 Å². The second-order valence-electron chi connectivity index (χ2n) is 5.93. The molecule has 3 aromatic rings. The molecule has 3 heterocycles. The second-order valence-corrected chi connectivity index (χ2v) is 7.98. The van der Waals surface area contributed by atoms with Crippen molar-refractivity contribution in [3.63, 3.8) is 0 Å². The number of halogens is 1. The molecule has 0 spiro atoms. The summed E-state index contributed by atoms with van der Waals surface area (Å²) in [5, 5.41) is 3.25. The Hall–Kier alpha value is -2.26. The van der Waals surface area contributed by atoms with E-state index in [1.54, 1.807) is 28.8 Å². The zero-order valence-electron chi connectivity index (χ0n) is 14.0. The van der Waals surface area contributed by atoms with E-state index in [4.69, 9.17) is 0 Å². The molecule has 6 nitrogen and oxygen atoms in total. The predicted molar refractivity (Wildman–Crippen MR) is 101 cm³/mol. The molecule has 1 N–H and O–H groups in total. The number of amides is 1. The van der Waals surface area contributed by atoms with Gasteiger partial charge in [0, 0.05) is 13.1 Å². The van der Waals surface area contributed by atoms with Crippen molar-refractivity contribution in [2.45, 2.75) is 23.3 Å². The maximum Gasteiger partial charge on any atom is 0.245 e. The number of hydrogen-bond acceptors (Lipinski definition) is 7. The fourth-order valence-electron chi connectivity index (χ4n) is 2.93. The first-order valence-corrected chi connectivity index (χ1v) is 10.1. The Morgan fingerprint density at radius 2 is 2.15 bits per heavy atom. The van der Waals surface area contributed by atoms with Crippen LogP contribution in [0.25, 0.3) is 10.3 Å². The summed E-state index contributed by atoms with van der Waals surface area (Å²) in [7, 11) is 0. The van der Waals surface area contributed by atoms with Crippen molar-refractivity contribution in [3.8, 4) is 0 Å². The smallest absolute Gasteiger partial charge is 0.245 e. The lowest BCUT2D eigenvalue weighted by atomic mass is 10.2. The van der Waals surface area contributed by atoms with E-state index in [2.05, 4.69) is 20.3 Å². The molecule has 1 aliphatic heterocycles. The van der Waals surface area contributed by atoms with Crippen LogP contribution in [0.5, 0.6) is 0 Å². The van der Waals surface area contributed by atoms with E-state index >= 15 is 0 Å². The number of nitrogens with zero attached hydrogens (tertiary/aromatic N) is 4. The largest absolute Gasteiger partial charge is 0.357 e. The molecule has 26 heavy (non-hydrogen) atoms. The summed E-state index contributed by atoms with van der Waals surface area (Å²) in [6, 6.07) is 5.91. The lowest BCUT2D eigenvalue weighted by Crippen LogP contribution is -2.33. The highest BCUT2D eigenvalue weighted by Crippen LogP contribution is 2.32. The van der Waals surface area contributed by atoms with Crippen LogP contribution in [0.4, 0.5) is 10.2 Å². The molecule has 0 radical (unpaired) electrons. The van der Waals surface area contributed by atoms with Gasteiger partial charge in [-0.2, -0.15) is 0 Å². The molecule has 0 aliphatic carbocycles. The lowest BCUT2D eigenvalue weighted by molar-refractivity contribution is -0.128. The maximum absolute atomic E-state index is 13.0. The molecular formula is C17H16FN5OS2. The molecular weight excluding hydrogens is 373 g/mol. The van der Waals surface area contributed by atoms with Crippen molar-refractivity contribution in [2.75, 3.05) is 18.1 Å². The van der Waals surface area contributed by atoms with Gasteiger partial charge in [-0.05, 0) is 30.4 Å². The summed E-state index contributed by atoms with van der Waals surface area (Å²) in [5.74, 6) is 0.397. The number of thiazole rings is 1. The zero-order valence-corrected chi connectivity index (χ0v) is 15.6. The Balaban J connectivity index is 1.49. The molecule has 1 saturated heterocycles. The molecule has 0 bridgehead atoms. The Bertz CT molecular complexity index is 946. The third kappa shape index (κ3) is 3.36. The van der Waals surface area contributed by atoms with Crippen LogP contribution in [-0.2, 0) is 11.3 Å². The highest BCUT2D eigenvalue weighted by atomic mass is 32.2. The number of hydrogen-bond donors (Lipinski definition) is 1. The number of thioether (sulfide) groups is 1. The molecule has 1 aromatic carbocycles. The van der Waals surface area contributed by atoms with Gasteiger partial charge in [-0.3, -0.25) is 4.79 Å². The van der Waals surface area contributed by atoms with E-state index in [1.807, 2.05) is 6.26 Å². The Morgan fingerprint density at radius 3 is 2.92 bits per heavy atom. The fourth-order valence-corrected chi connectivity index (χ4v) is 4.40. The van der Waals surface area contributed by atoms with Gasteiger partial charge >= 0.3 is 0 Å². The molecule has 1 fully saturated rings. The number of nitrogens with one attached hydrogen (secondary N) is 1. The maximum atomic E-state index is 13.0. The molecule has 9 heteroatoms. The van der Waals surface area contributed by atoms with Crippen molar-refractivity contribution in [1.29, 1.82) is 0 Å². The van der Waals surface area contributed by atoms with Gasteiger partial charge in [-0.25, -0.2) is 19.3 Å². The minimum Gasteiger partial charge on any atom is -0.357 e. The average Bonchev–Trinajstić information content (AvgIpc) is 3.22. The minimum atomic E-state index is -0.326. The monoisotopic (exact) mass is 389 g/mol. The average molecular weight is 389 g/mol. The summed E-state index contributed by atoms with van der Waals surface area (Å²) in [6.45, 7) is 1.13. The standard InChI is InChI=1S/C17H16FN5OS2/c1-25-17-22-15-13(26-17)14(19-9-20-15)21-12-6-7-23(16(12)24)8-10-2-4-11(18)5-3-10/h2-5,9,12H,6-8H2,1H3,(H,19,20,21). The van der Waals surface area contributed by atoms with Crippen LogP contribution in [-0.4, -0.2) is 44.6 Å². The molecule has 1 atom stereocenters. The molecule has 1 aliphatic rings. The number of benzene rings is 1. The van der Waals surface area contributed by atoms with E-state index in [1.165, 1.54) is 29.8 Å². The number of carbonyl (C=O) groups is 1. The van der Waals surface area contributed by atoms with Crippen LogP contribution in [0.15, 0.2) is 34.9 Å². The highest BCUT2D eigenvalue weighted by Gasteiger charge is 2.32. The van der Waals surface area contributed by atoms with E-state index < -0.39 is 0 Å². The SMILES string of the molecule is CSc1nc2ncnc(NC3CCN(Cc4ccc(F)cc4)C3=O)c2s1. The van der Waals surface area contributed by atoms with E-state index in [-0.39, 0.29) is 17.8 Å². The van der Waals surface area contributed by atoms with Crippen LogP contribution in [0.3, 0.4) is 0 Å². The van der Waals surface area contributed by atoms with Crippen LogP contribution in [0.1, 0.15) is 12.0 Å². The summed E-state index contributed by atoms with van der Waals surface area (Å²) >= 11 is 3.08. The first-order chi connectivity index (χ1) is 12.6. The molecule has 1 amide bonds. The van der Waals surface area contributed by atoms with Gasteiger partial charge in [0.05, 0.1) is 0 Å². The number of fused-ring (bicyclic) bond motifs is 1. The summed E-state index contributed by atoms with van der Waals surface area (Å²) in [4.78, 5) is 27.4. The van der Waals surface area contributed by atoms with Gasteiger partial charge in [0.1, 0.15) is 28.7 Å². The van der Waals surface area contributed by atoms with Crippen molar-refractivity contribution in [3.05, 3.63) is 42.0 Å². The summed E-state index contributed by atoms with van der Waals surface area (Å²) in [6.07, 6.45) is 4.12. The number of likely N-dealkylation sites (tertiary alicyclic amines) is 1. The molecule has 2 aromatic heterocycles. The number of anilines is 1. The first-order valence-electron chi connectivity index (χ1n) is 8.09. The van der Waals surface area contributed by atoms with Gasteiger partial charge in [0.25, 0.3) is 0 Å². The number of carbonyl (C=O) groups excluding carboxylic acids is 1. The topological polar surface area (TPSA) is 71.0 Å². The highest BCUT2D eigenvalue weighted by molar-refractivity contribution is 8.00. The second kappa shape index (κ2) is 7.16. The summed E-state index contributed by atoms with van der Waals surface area (Å²) < 4.78 is 14.8. The van der Waals surface area contributed by atoms with E-state index in [9.17, 15) is 9.18 Å².